The minimum absolute atomic E-state index is 0.935. The summed E-state index contributed by atoms with van der Waals surface area (Å²) in [6.45, 7) is 2.24. The Morgan fingerprint density at radius 1 is 1.07 bits per heavy atom. The van der Waals surface area contributed by atoms with E-state index in [0.29, 0.717) is 0 Å². The van der Waals surface area contributed by atoms with Gasteiger partial charge < -0.3 is 4.74 Å². The highest BCUT2D eigenvalue weighted by Gasteiger charge is 2.12. The van der Waals surface area contributed by atoms with Gasteiger partial charge in [0.1, 0.15) is 5.75 Å². The minimum atomic E-state index is 0.935. The van der Waals surface area contributed by atoms with Crippen LogP contribution in [0.25, 0.3) is 5.57 Å². The molecule has 0 aliphatic heterocycles. The Morgan fingerprint density at radius 3 is 2.29 bits per heavy atom. The SMILES string of the molecule is COc1ccc(C2=C(C)CCC2)cc1. The highest BCUT2D eigenvalue weighted by Crippen LogP contribution is 2.33. The van der Waals surface area contributed by atoms with E-state index < -0.39 is 0 Å². The summed E-state index contributed by atoms with van der Waals surface area (Å²) in [5.41, 5.74) is 4.45. The zero-order valence-electron chi connectivity index (χ0n) is 8.84. The van der Waals surface area contributed by atoms with E-state index in [9.17, 15) is 0 Å². The van der Waals surface area contributed by atoms with Crippen LogP contribution in [0.2, 0.25) is 0 Å². The summed E-state index contributed by atoms with van der Waals surface area (Å²) in [6.07, 6.45) is 3.81. The van der Waals surface area contributed by atoms with Gasteiger partial charge in [-0.25, -0.2) is 0 Å². The largest absolute Gasteiger partial charge is 0.497 e. The minimum Gasteiger partial charge on any atom is -0.497 e. The van der Waals surface area contributed by atoms with Crippen molar-refractivity contribution in [2.24, 2.45) is 0 Å². The first-order valence-corrected chi connectivity index (χ1v) is 5.14. The van der Waals surface area contributed by atoms with Gasteiger partial charge in [-0.15, -0.1) is 0 Å². The molecule has 14 heavy (non-hydrogen) atoms. The van der Waals surface area contributed by atoms with Gasteiger partial charge >= 0.3 is 0 Å². The van der Waals surface area contributed by atoms with E-state index in [1.165, 1.54) is 30.4 Å². The van der Waals surface area contributed by atoms with Gasteiger partial charge in [-0.05, 0) is 49.5 Å². The Labute approximate surface area is 85.4 Å². The lowest BCUT2D eigenvalue weighted by molar-refractivity contribution is 0.415. The van der Waals surface area contributed by atoms with Crippen molar-refractivity contribution >= 4 is 5.57 Å². The molecular formula is C13H16O. The fourth-order valence-electron chi connectivity index (χ4n) is 2.08. The van der Waals surface area contributed by atoms with E-state index in [2.05, 4.69) is 19.1 Å². The van der Waals surface area contributed by atoms with Gasteiger partial charge in [-0.2, -0.15) is 0 Å². The molecule has 0 saturated heterocycles. The van der Waals surface area contributed by atoms with Gasteiger partial charge in [0, 0.05) is 0 Å². The van der Waals surface area contributed by atoms with Crippen molar-refractivity contribution in [3.05, 3.63) is 35.4 Å². The number of hydrogen-bond acceptors (Lipinski definition) is 1. The second kappa shape index (κ2) is 3.87. The van der Waals surface area contributed by atoms with Gasteiger partial charge in [0.2, 0.25) is 0 Å². The van der Waals surface area contributed by atoms with Gasteiger partial charge in [0.05, 0.1) is 7.11 Å². The monoisotopic (exact) mass is 188 g/mol. The number of ether oxygens (including phenoxy) is 1. The van der Waals surface area contributed by atoms with Crippen LogP contribution in [0.1, 0.15) is 31.7 Å². The Bertz CT molecular complexity index is 346. The first-order valence-electron chi connectivity index (χ1n) is 5.14. The smallest absolute Gasteiger partial charge is 0.118 e. The summed E-state index contributed by atoms with van der Waals surface area (Å²) in [4.78, 5) is 0. The second-order valence-electron chi connectivity index (χ2n) is 3.84. The highest BCUT2D eigenvalue weighted by molar-refractivity contribution is 5.70. The third-order valence-electron chi connectivity index (χ3n) is 2.93. The number of hydrogen-bond donors (Lipinski definition) is 0. The molecule has 0 atom stereocenters. The Morgan fingerprint density at radius 2 is 1.79 bits per heavy atom. The van der Waals surface area contributed by atoms with E-state index in [4.69, 9.17) is 4.74 Å². The molecule has 1 heteroatoms. The van der Waals surface area contributed by atoms with Crippen LogP contribution in [0.5, 0.6) is 5.75 Å². The Balaban J connectivity index is 2.29. The first-order chi connectivity index (χ1) is 6.81. The normalized spacial score (nSPS) is 16.1. The molecule has 0 bridgehead atoms. The van der Waals surface area contributed by atoms with Crippen LogP contribution in [0.15, 0.2) is 29.8 Å². The predicted octanol–water partition coefficient (Wildman–Crippen LogP) is 3.65. The molecule has 1 aliphatic carbocycles. The maximum absolute atomic E-state index is 5.14. The van der Waals surface area contributed by atoms with Crippen LogP contribution < -0.4 is 4.74 Å². The summed E-state index contributed by atoms with van der Waals surface area (Å²) in [6, 6.07) is 8.38. The summed E-state index contributed by atoms with van der Waals surface area (Å²) >= 11 is 0. The van der Waals surface area contributed by atoms with Crippen LogP contribution in [0, 0.1) is 0 Å². The summed E-state index contributed by atoms with van der Waals surface area (Å²) < 4.78 is 5.14. The third kappa shape index (κ3) is 1.67. The molecule has 0 heterocycles. The third-order valence-corrected chi connectivity index (χ3v) is 2.93. The zero-order valence-corrected chi connectivity index (χ0v) is 8.84. The van der Waals surface area contributed by atoms with Gasteiger partial charge in [0.15, 0.2) is 0 Å². The molecule has 0 saturated carbocycles. The average Bonchev–Trinajstić information content (AvgIpc) is 2.65. The molecule has 2 rings (SSSR count). The number of benzene rings is 1. The Hall–Kier alpha value is -1.24. The first kappa shape index (κ1) is 9.32. The average molecular weight is 188 g/mol. The number of rotatable bonds is 2. The molecular weight excluding hydrogens is 172 g/mol. The molecule has 0 amide bonds. The number of methoxy groups -OCH3 is 1. The van der Waals surface area contributed by atoms with Crippen molar-refractivity contribution in [3.63, 3.8) is 0 Å². The van der Waals surface area contributed by atoms with Crippen molar-refractivity contribution in [1.82, 2.24) is 0 Å². The van der Waals surface area contributed by atoms with Crippen molar-refractivity contribution in [2.45, 2.75) is 26.2 Å². The van der Waals surface area contributed by atoms with Crippen molar-refractivity contribution < 1.29 is 4.74 Å². The van der Waals surface area contributed by atoms with Crippen molar-refractivity contribution in [2.75, 3.05) is 7.11 Å². The molecule has 1 aliphatic rings. The molecule has 0 spiro atoms. The molecule has 1 nitrogen and oxygen atoms in total. The summed E-state index contributed by atoms with van der Waals surface area (Å²) in [7, 11) is 1.70. The van der Waals surface area contributed by atoms with Gasteiger partial charge in [-0.3, -0.25) is 0 Å². The van der Waals surface area contributed by atoms with Crippen LogP contribution >= 0.6 is 0 Å². The molecule has 0 radical (unpaired) electrons. The zero-order chi connectivity index (χ0) is 9.97. The fraction of sp³-hybridized carbons (Fsp3) is 0.385. The van der Waals surface area contributed by atoms with Crippen LogP contribution in [0.4, 0.5) is 0 Å². The van der Waals surface area contributed by atoms with Gasteiger partial charge in [-0.1, -0.05) is 17.7 Å². The van der Waals surface area contributed by atoms with Crippen LogP contribution in [-0.2, 0) is 0 Å². The molecule has 0 N–H and O–H groups in total. The maximum atomic E-state index is 5.14. The van der Waals surface area contributed by atoms with Crippen LogP contribution in [-0.4, -0.2) is 7.11 Å². The summed E-state index contributed by atoms with van der Waals surface area (Å²) in [5.74, 6) is 0.935. The lowest BCUT2D eigenvalue weighted by atomic mass is 10.0. The van der Waals surface area contributed by atoms with Crippen LogP contribution in [0.3, 0.4) is 0 Å². The fourth-order valence-corrected chi connectivity index (χ4v) is 2.08. The second-order valence-corrected chi connectivity index (χ2v) is 3.84. The van der Waals surface area contributed by atoms with Gasteiger partial charge in [0.25, 0.3) is 0 Å². The quantitative estimate of drug-likeness (QED) is 0.688. The molecule has 74 valence electrons. The molecule has 1 aromatic rings. The van der Waals surface area contributed by atoms with E-state index >= 15 is 0 Å². The molecule has 0 aromatic heterocycles. The van der Waals surface area contributed by atoms with Crippen molar-refractivity contribution in [1.29, 1.82) is 0 Å². The lowest BCUT2D eigenvalue weighted by Crippen LogP contribution is -1.85. The van der Waals surface area contributed by atoms with E-state index in [0.717, 1.165) is 5.75 Å². The highest BCUT2D eigenvalue weighted by atomic mass is 16.5. The van der Waals surface area contributed by atoms with E-state index in [-0.39, 0.29) is 0 Å². The standard InChI is InChI=1S/C13H16O/c1-10-4-3-5-13(10)11-6-8-12(14-2)9-7-11/h6-9H,3-5H2,1-2H3. The molecule has 1 aromatic carbocycles. The topological polar surface area (TPSA) is 9.23 Å². The van der Waals surface area contributed by atoms with Crippen molar-refractivity contribution in [3.8, 4) is 5.75 Å². The number of allylic oxidation sites excluding steroid dienone is 2. The van der Waals surface area contributed by atoms with E-state index in [1.807, 2.05) is 12.1 Å². The predicted molar refractivity (Wildman–Crippen MR) is 59.4 cm³/mol. The van der Waals surface area contributed by atoms with E-state index in [1.54, 1.807) is 12.7 Å². The lowest BCUT2D eigenvalue weighted by Gasteiger charge is -2.05. The Kier molecular flexibility index (Phi) is 2.58. The molecule has 0 fully saturated rings. The summed E-state index contributed by atoms with van der Waals surface area (Å²) in [5, 5.41) is 0. The maximum Gasteiger partial charge on any atom is 0.118 e. The molecule has 0 unspecified atom stereocenters.